The van der Waals surface area contributed by atoms with Gasteiger partial charge in [-0.3, -0.25) is 4.72 Å². The molecule has 2 rings (SSSR count). The normalized spacial score (nSPS) is 11.2. The lowest BCUT2D eigenvalue weighted by molar-refractivity contribution is 0.602. The van der Waals surface area contributed by atoms with Crippen molar-refractivity contribution >= 4 is 43.3 Å². The van der Waals surface area contributed by atoms with E-state index in [0.29, 0.717) is 5.82 Å². The molecule has 0 saturated carbocycles. The van der Waals surface area contributed by atoms with Crippen LogP contribution >= 0.6 is 15.9 Å². The van der Waals surface area contributed by atoms with Crippen molar-refractivity contribution in [2.75, 3.05) is 15.8 Å². The van der Waals surface area contributed by atoms with E-state index in [0.717, 1.165) is 15.7 Å². The van der Waals surface area contributed by atoms with Gasteiger partial charge in [-0.25, -0.2) is 8.42 Å². The zero-order valence-electron chi connectivity index (χ0n) is 11.6. The summed E-state index contributed by atoms with van der Waals surface area (Å²) in [6, 6.07) is 9.06. The number of nitrogens with one attached hydrogen (secondary N) is 2. The number of nitrogens with zero attached hydrogens (tertiary/aromatic N) is 2. The van der Waals surface area contributed by atoms with Crippen LogP contribution in [0.25, 0.3) is 0 Å². The Labute approximate surface area is 132 Å². The molecule has 0 aliphatic rings. The lowest BCUT2D eigenvalue weighted by atomic mass is 10.2. The Morgan fingerprint density at radius 3 is 2.38 bits per heavy atom. The molecule has 0 atom stereocenters. The van der Waals surface area contributed by atoms with Crippen molar-refractivity contribution in [3.05, 3.63) is 40.4 Å². The first kappa shape index (κ1) is 15.7. The Balaban J connectivity index is 2.10. The largest absolute Gasteiger partial charge is 0.339 e. The highest BCUT2D eigenvalue weighted by Crippen LogP contribution is 2.22. The van der Waals surface area contributed by atoms with Gasteiger partial charge in [0.05, 0.1) is 5.75 Å². The molecule has 0 fully saturated rings. The summed E-state index contributed by atoms with van der Waals surface area (Å²) >= 11 is 3.46. The van der Waals surface area contributed by atoms with Crippen molar-refractivity contribution in [1.82, 2.24) is 10.2 Å². The van der Waals surface area contributed by atoms with Gasteiger partial charge in [0.15, 0.2) is 11.6 Å². The summed E-state index contributed by atoms with van der Waals surface area (Å²) < 4.78 is 26.2. The molecule has 0 aliphatic heterocycles. The summed E-state index contributed by atoms with van der Waals surface area (Å²) in [6.07, 6.45) is 0. The minimum atomic E-state index is -3.33. The van der Waals surface area contributed by atoms with E-state index in [1.807, 2.05) is 25.1 Å². The first-order valence-corrected chi connectivity index (χ1v) is 8.71. The maximum absolute atomic E-state index is 11.4. The molecule has 0 amide bonds. The highest BCUT2D eigenvalue weighted by Gasteiger charge is 2.08. The Morgan fingerprint density at radius 2 is 1.81 bits per heavy atom. The van der Waals surface area contributed by atoms with Gasteiger partial charge in [-0.15, -0.1) is 10.2 Å². The lowest BCUT2D eigenvalue weighted by Gasteiger charge is -2.08. The quantitative estimate of drug-likeness (QED) is 0.844. The standard InChI is InChI=1S/C13H15BrN4O2S/c1-3-21(19,20)18-13-7-6-12(16-17-13)15-10-5-4-9(2)11(14)8-10/h4-8H,3H2,1-2H3,(H,15,16)(H,17,18). The van der Waals surface area contributed by atoms with Crippen LogP contribution in [0.3, 0.4) is 0 Å². The van der Waals surface area contributed by atoms with Crippen molar-refractivity contribution in [2.45, 2.75) is 13.8 Å². The molecule has 6 nitrogen and oxygen atoms in total. The van der Waals surface area contributed by atoms with Crippen molar-refractivity contribution in [1.29, 1.82) is 0 Å². The summed E-state index contributed by atoms with van der Waals surface area (Å²) in [5.74, 6) is 0.726. The van der Waals surface area contributed by atoms with Gasteiger partial charge in [0.25, 0.3) is 0 Å². The monoisotopic (exact) mass is 370 g/mol. The van der Waals surface area contributed by atoms with Gasteiger partial charge in [0, 0.05) is 10.2 Å². The van der Waals surface area contributed by atoms with Crippen LogP contribution in [0, 0.1) is 6.92 Å². The van der Waals surface area contributed by atoms with E-state index in [2.05, 4.69) is 36.2 Å². The fourth-order valence-corrected chi connectivity index (χ4v) is 2.45. The molecule has 0 unspecified atom stereocenters. The van der Waals surface area contributed by atoms with Gasteiger partial charge in [0.1, 0.15) is 0 Å². The molecule has 0 saturated heterocycles. The van der Waals surface area contributed by atoms with Gasteiger partial charge in [-0.05, 0) is 43.7 Å². The molecule has 0 bridgehead atoms. The number of benzene rings is 1. The molecule has 21 heavy (non-hydrogen) atoms. The summed E-state index contributed by atoms with van der Waals surface area (Å²) in [4.78, 5) is 0. The van der Waals surface area contributed by atoms with Gasteiger partial charge in [-0.2, -0.15) is 0 Å². The molecular weight excluding hydrogens is 356 g/mol. The highest BCUT2D eigenvalue weighted by molar-refractivity contribution is 9.10. The fourth-order valence-electron chi connectivity index (χ4n) is 1.50. The van der Waals surface area contributed by atoms with Crippen molar-refractivity contribution < 1.29 is 8.42 Å². The van der Waals surface area contributed by atoms with E-state index in [4.69, 9.17) is 0 Å². The molecule has 8 heteroatoms. The summed E-state index contributed by atoms with van der Waals surface area (Å²) in [5.41, 5.74) is 2.00. The molecule has 2 N–H and O–H groups in total. The third-order valence-electron chi connectivity index (χ3n) is 2.75. The summed E-state index contributed by atoms with van der Waals surface area (Å²) in [6.45, 7) is 3.56. The Morgan fingerprint density at radius 1 is 1.14 bits per heavy atom. The molecule has 0 aliphatic carbocycles. The van der Waals surface area contributed by atoms with E-state index in [-0.39, 0.29) is 11.6 Å². The maximum atomic E-state index is 11.4. The summed E-state index contributed by atoms with van der Waals surface area (Å²) in [7, 11) is -3.33. The second-order valence-corrected chi connectivity index (χ2v) is 7.26. The number of sulfonamides is 1. The number of anilines is 3. The van der Waals surface area contributed by atoms with Crippen LogP contribution in [0.1, 0.15) is 12.5 Å². The third kappa shape index (κ3) is 4.40. The first-order valence-electron chi connectivity index (χ1n) is 6.27. The summed E-state index contributed by atoms with van der Waals surface area (Å²) in [5, 5.41) is 10.9. The molecule has 0 radical (unpaired) electrons. The van der Waals surface area contributed by atoms with E-state index < -0.39 is 10.0 Å². The zero-order chi connectivity index (χ0) is 15.5. The smallest absolute Gasteiger partial charge is 0.233 e. The van der Waals surface area contributed by atoms with Crippen LogP contribution in [-0.4, -0.2) is 24.4 Å². The molecule has 1 heterocycles. The van der Waals surface area contributed by atoms with E-state index >= 15 is 0 Å². The molecule has 2 aromatic rings. The second-order valence-electron chi connectivity index (χ2n) is 4.40. The third-order valence-corrected chi connectivity index (χ3v) is 4.88. The minimum absolute atomic E-state index is 0.00786. The van der Waals surface area contributed by atoms with Crippen molar-refractivity contribution in [2.24, 2.45) is 0 Å². The van der Waals surface area contributed by atoms with Crippen LogP contribution in [0.15, 0.2) is 34.8 Å². The predicted octanol–water partition coefficient (Wildman–Crippen LogP) is 3.05. The van der Waals surface area contributed by atoms with Gasteiger partial charge < -0.3 is 5.32 Å². The highest BCUT2D eigenvalue weighted by atomic mass is 79.9. The van der Waals surface area contributed by atoms with Crippen LogP contribution in [0.4, 0.5) is 17.3 Å². The molecule has 1 aromatic heterocycles. The van der Waals surface area contributed by atoms with Gasteiger partial charge in [-0.1, -0.05) is 22.0 Å². The number of aryl methyl sites for hydroxylation is 1. The maximum Gasteiger partial charge on any atom is 0.233 e. The predicted molar refractivity (Wildman–Crippen MR) is 87.3 cm³/mol. The SMILES string of the molecule is CCS(=O)(=O)Nc1ccc(Nc2ccc(C)c(Br)c2)nn1. The van der Waals surface area contributed by atoms with Crippen molar-refractivity contribution in [3.63, 3.8) is 0 Å². The first-order chi connectivity index (χ1) is 9.89. The average Bonchev–Trinajstić information content (AvgIpc) is 2.45. The lowest BCUT2D eigenvalue weighted by Crippen LogP contribution is -2.15. The van der Waals surface area contributed by atoms with E-state index in [9.17, 15) is 8.42 Å². The second kappa shape index (κ2) is 6.40. The fraction of sp³-hybridized carbons (Fsp3) is 0.231. The molecule has 0 spiro atoms. The van der Waals surface area contributed by atoms with Crippen LogP contribution in [0.2, 0.25) is 0 Å². The zero-order valence-corrected chi connectivity index (χ0v) is 14.0. The number of halogens is 1. The Kier molecular flexibility index (Phi) is 4.79. The van der Waals surface area contributed by atoms with Crippen molar-refractivity contribution in [3.8, 4) is 0 Å². The minimum Gasteiger partial charge on any atom is -0.339 e. The van der Waals surface area contributed by atoms with E-state index in [1.165, 1.54) is 0 Å². The molecule has 1 aromatic carbocycles. The van der Waals surface area contributed by atoms with Crippen LogP contribution < -0.4 is 10.0 Å². The average molecular weight is 371 g/mol. The molecular formula is C13H15BrN4O2S. The number of aromatic nitrogens is 2. The van der Waals surface area contributed by atoms with Crippen LogP contribution in [-0.2, 0) is 10.0 Å². The Bertz CT molecular complexity index is 732. The number of hydrogen-bond acceptors (Lipinski definition) is 5. The molecule has 112 valence electrons. The van der Waals surface area contributed by atoms with E-state index in [1.54, 1.807) is 19.1 Å². The number of rotatable bonds is 5. The Hall–Kier alpha value is -1.67. The number of hydrogen-bond donors (Lipinski definition) is 2. The topological polar surface area (TPSA) is 84.0 Å². The van der Waals surface area contributed by atoms with Gasteiger partial charge >= 0.3 is 0 Å². The van der Waals surface area contributed by atoms with Gasteiger partial charge in [0.2, 0.25) is 10.0 Å². The van der Waals surface area contributed by atoms with Crippen LogP contribution in [0.5, 0.6) is 0 Å².